The van der Waals surface area contributed by atoms with Crippen molar-refractivity contribution in [3.8, 4) is 22.9 Å². The van der Waals surface area contributed by atoms with Crippen molar-refractivity contribution < 1.29 is 19.1 Å². The maximum Gasteiger partial charge on any atom is 0.270 e. The minimum atomic E-state index is -0.0925. The molecule has 2 aromatic carbocycles. The number of hydrogen-bond acceptors (Lipinski definition) is 8. The van der Waals surface area contributed by atoms with E-state index in [-0.39, 0.29) is 18.6 Å². The summed E-state index contributed by atoms with van der Waals surface area (Å²) in [5, 5.41) is 6.80. The van der Waals surface area contributed by atoms with Crippen molar-refractivity contribution in [1.29, 1.82) is 0 Å². The summed E-state index contributed by atoms with van der Waals surface area (Å²) in [5.74, 6) is 2.57. The SMILES string of the molecule is CC(=O)NCCNc1nc(-c2ccccc2)nc2[nH]c(C(=O)N3CCN(Cc4ccc5c(c4)OCO5)CC3)cc12. The number of amides is 2. The van der Waals surface area contributed by atoms with Crippen molar-refractivity contribution in [2.75, 3.05) is 51.4 Å². The van der Waals surface area contributed by atoms with Crippen LogP contribution in [0.4, 0.5) is 5.82 Å². The Morgan fingerprint density at radius 2 is 1.75 bits per heavy atom. The molecule has 0 unspecified atom stereocenters. The van der Waals surface area contributed by atoms with E-state index in [1.165, 1.54) is 6.92 Å². The summed E-state index contributed by atoms with van der Waals surface area (Å²) < 4.78 is 10.9. The lowest BCUT2D eigenvalue weighted by Crippen LogP contribution is -2.48. The summed E-state index contributed by atoms with van der Waals surface area (Å²) in [7, 11) is 0. The quantitative estimate of drug-likeness (QED) is 0.291. The van der Waals surface area contributed by atoms with Gasteiger partial charge in [0.1, 0.15) is 17.2 Å². The van der Waals surface area contributed by atoms with Crippen molar-refractivity contribution in [1.82, 2.24) is 30.1 Å². The first-order valence-corrected chi connectivity index (χ1v) is 13.4. The highest BCUT2D eigenvalue weighted by Crippen LogP contribution is 2.33. The fourth-order valence-corrected chi connectivity index (χ4v) is 4.97. The normalized spacial score (nSPS) is 14.9. The zero-order valence-electron chi connectivity index (χ0n) is 22.3. The van der Waals surface area contributed by atoms with Gasteiger partial charge in [-0.15, -0.1) is 0 Å². The van der Waals surface area contributed by atoms with Crippen LogP contribution in [0.5, 0.6) is 11.5 Å². The molecular weight excluding hydrogens is 510 g/mol. The van der Waals surface area contributed by atoms with Crippen molar-refractivity contribution in [3.63, 3.8) is 0 Å². The summed E-state index contributed by atoms with van der Waals surface area (Å²) in [6.07, 6.45) is 0. The summed E-state index contributed by atoms with van der Waals surface area (Å²) in [5.41, 5.74) is 3.09. The van der Waals surface area contributed by atoms with Gasteiger partial charge >= 0.3 is 0 Å². The number of fused-ring (bicyclic) bond motifs is 2. The molecule has 2 aromatic heterocycles. The third-order valence-corrected chi connectivity index (χ3v) is 7.04. The number of anilines is 1. The average Bonchev–Trinajstić information content (AvgIpc) is 3.62. The molecule has 0 spiro atoms. The molecule has 0 radical (unpaired) electrons. The largest absolute Gasteiger partial charge is 0.454 e. The summed E-state index contributed by atoms with van der Waals surface area (Å²) in [6, 6.07) is 17.5. The van der Waals surface area contributed by atoms with Crippen LogP contribution in [0.1, 0.15) is 23.0 Å². The van der Waals surface area contributed by atoms with Crippen LogP contribution in [0.3, 0.4) is 0 Å². The van der Waals surface area contributed by atoms with Gasteiger partial charge in [0, 0.05) is 58.3 Å². The van der Waals surface area contributed by atoms with Gasteiger partial charge in [-0.1, -0.05) is 36.4 Å². The number of nitrogens with one attached hydrogen (secondary N) is 3. The molecule has 2 aliphatic rings. The molecule has 0 bridgehead atoms. The zero-order chi connectivity index (χ0) is 27.5. The fraction of sp³-hybridized carbons (Fsp3) is 0.310. The molecule has 11 heteroatoms. The number of carbonyl (C=O) groups is 2. The van der Waals surface area contributed by atoms with Gasteiger partial charge in [0.05, 0.1) is 5.39 Å². The van der Waals surface area contributed by atoms with Gasteiger partial charge in [-0.05, 0) is 23.8 Å². The third-order valence-electron chi connectivity index (χ3n) is 7.04. The molecule has 4 aromatic rings. The van der Waals surface area contributed by atoms with E-state index in [1.807, 2.05) is 53.4 Å². The molecule has 6 rings (SSSR count). The Morgan fingerprint density at radius 3 is 2.55 bits per heavy atom. The van der Waals surface area contributed by atoms with E-state index in [0.29, 0.717) is 49.2 Å². The highest BCUT2D eigenvalue weighted by atomic mass is 16.7. The van der Waals surface area contributed by atoms with Crippen LogP contribution in [0.15, 0.2) is 54.6 Å². The molecule has 1 saturated heterocycles. The van der Waals surface area contributed by atoms with E-state index in [4.69, 9.17) is 19.4 Å². The van der Waals surface area contributed by atoms with Crippen LogP contribution in [0.2, 0.25) is 0 Å². The number of aromatic nitrogens is 3. The molecule has 0 atom stereocenters. The summed E-state index contributed by atoms with van der Waals surface area (Å²) in [6.45, 7) is 6.27. The summed E-state index contributed by atoms with van der Waals surface area (Å²) in [4.78, 5) is 41.7. The topological polar surface area (TPSA) is 125 Å². The van der Waals surface area contributed by atoms with Gasteiger partial charge in [-0.25, -0.2) is 9.97 Å². The molecule has 40 heavy (non-hydrogen) atoms. The van der Waals surface area contributed by atoms with Gasteiger partial charge in [0.25, 0.3) is 5.91 Å². The summed E-state index contributed by atoms with van der Waals surface area (Å²) >= 11 is 0. The Labute approximate surface area is 231 Å². The van der Waals surface area contributed by atoms with Crippen LogP contribution in [0, 0.1) is 0 Å². The van der Waals surface area contributed by atoms with Gasteiger partial charge in [-0.3, -0.25) is 14.5 Å². The predicted octanol–water partition coefficient (Wildman–Crippen LogP) is 2.86. The number of carbonyl (C=O) groups excluding carboxylic acids is 2. The molecule has 206 valence electrons. The molecule has 3 N–H and O–H groups in total. The lowest BCUT2D eigenvalue weighted by molar-refractivity contribution is -0.118. The number of aromatic amines is 1. The second-order valence-corrected chi connectivity index (χ2v) is 9.87. The first kappa shape index (κ1) is 25.6. The van der Waals surface area contributed by atoms with Crippen LogP contribution in [-0.2, 0) is 11.3 Å². The van der Waals surface area contributed by atoms with Crippen LogP contribution in [0.25, 0.3) is 22.4 Å². The van der Waals surface area contributed by atoms with E-state index >= 15 is 0 Å². The van der Waals surface area contributed by atoms with Crippen molar-refractivity contribution in [2.45, 2.75) is 13.5 Å². The number of nitrogens with zero attached hydrogens (tertiary/aromatic N) is 4. The van der Waals surface area contributed by atoms with Crippen LogP contribution < -0.4 is 20.1 Å². The minimum absolute atomic E-state index is 0.0637. The molecule has 11 nitrogen and oxygen atoms in total. The molecule has 1 fully saturated rings. The molecule has 2 aliphatic heterocycles. The van der Waals surface area contributed by atoms with E-state index < -0.39 is 0 Å². The Kier molecular flexibility index (Phi) is 7.19. The second kappa shape index (κ2) is 11.2. The Bertz CT molecular complexity index is 1530. The van der Waals surface area contributed by atoms with E-state index in [2.05, 4.69) is 26.6 Å². The number of piperazine rings is 1. The molecular formula is C29H31N7O4. The number of rotatable bonds is 8. The van der Waals surface area contributed by atoms with Gasteiger partial charge in [0.2, 0.25) is 12.7 Å². The molecule has 0 saturated carbocycles. The van der Waals surface area contributed by atoms with Gasteiger partial charge in [-0.2, -0.15) is 0 Å². The lowest BCUT2D eigenvalue weighted by Gasteiger charge is -2.34. The Morgan fingerprint density at radius 1 is 0.950 bits per heavy atom. The number of H-pyrrole nitrogens is 1. The number of hydrogen-bond donors (Lipinski definition) is 3. The third kappa shape index (κ3) is 5.55. The smallest absolute Gasteiger partial charge is 0.270 e. The first-order chi connectivity index (χ1) is 19.5. The highest BCUT2D eigenvalue weighted by molar-refractivity contribution is 6.00. The Balaban J connectivity index is 1.16. The monoisotopic (exact) mass is 541 g/mol. The molecule has 2 amide bonds. The number of ether oxygens (including phenoxy) is 2. The van der Waals surface area contributed by atoms with Crippen LogP contribution in [-0.4, -0.2) is 82.6 Å². The van der Waals surface area contributed by atoms with Crippen LogP contribution >= 0.6 is 0 Å². The Hall–Kier alpha value is -4.64. The standard InChI is InChI=1S/C29H31N7O4/c1-19(37)30-9-10-31-27-22-16-23(32-28(22)34-26(33-27)21-5-3-2-4-6-21)29(38)36-13-11-35(12-14-36)17-20-7-8-24-25(15-20)40-18-39-24/h2-8,15-16H,9-14,17-18H2,1H3,(H,30,37)(H2,31,32,33,34). The van der Waals surface area contributed by atoms with Crippen molar-refractivity contribution >= 4 is 28.7 Å². The average molecular weight is 542 g/mol. The predicted molar refractivity (Wildman–Crippen MR) is 150 cm³/mol. The van der Waals surface area contributed by atoms with Crippen molar-refractivity contribution in [2.24, 2.45) is 0 Å². The van der Waals surface area contributed by atoms with E-state index in [0.717, 1.165) is 47.6 Å². The van der Waals surface area contributed by atoms with E-state index in [9.17, 15) is 9.59 Å². The maximum absolute atomic E-state index is 13.5. The fourth-order valence-electron chi connectivity index (χ4n) is 4.97. The van der Waals surface area contributed by atoms with Crippen molar-refractivity contribution in [3.05, 3.63) is 65.9 Å². The highest BCUT2D eigenvalue weighted by Gasteiger charge is 2.25. The van der Waals surface area contributed by atoms with Gasteiger partial charge < -0.3 is 30.0 Å². The lowest BCUT2D eigenvalue weighted by atomic mass is 10.1. The minimum Gasteiger partial charge on any atom is -0.454 e. The maximum atomic E-state index is 13.5. The first-order valence-electron chi connectivity index (χ1n) is 13.4. The molecule has 0 aliphatic carbocycles. The zero-order valence-corrected chi connectivity index (χ0v) is 22.3. The molecule has 4 heterocycles. The number of benzene rings is 2. The van der Waals surface area contributed by atoms with E-state index in [1.54, 1.807) is 0 Å². The second-order valence-electron chi connectivity index (χ2n) is 9.87. The van der Waals surface area contributed by atoms with Gasteiger partial charge in [0.15, 0.2) is 17.3 Å².